The Labute approximate surface area is 185 Å². The molecule has 0 saturated carbocycles. The second-order valence-corrected chi connectivity index (χ2v) is 10.1. The molecule has 1 aromatic rings. The van der Waals surface area contributed by atoms with E-state index in [0.29, 0.717) is 5.46 Å². The third-order valence-corrected chi connectivity index (χ3v) is 5.26. The number of hydrogen-bond donors (Lipinski definition) is 1. The number of alkyl carbamates (subject to hydrolysis) is 1. The fourth-order valence-corrected chi connectivity index (χ4v) is 2.90. The fourth-order valence-electron chi connectivity index (χ4n) is 2.90. The number of anilines is 1. The van der Waals surface area contributed by atoms with Gasteiger partial charge in [-0.15, -0.1) is 0 Å². The van der Waals surface area contributed by atoms with E-state index < -0.39 is 36.1 Å². The number of nitrogens with one attached hydrogen (secondary N) is 1. The molecule has 9 nitrogen and oxygen atoms in total. The monoisotopic (exact) mass is 434 g/mol. The minimum Gasteiger partial charge on any atom is -0.444 e. The normalized spacial score (nSPS) is 18.6. The Bertz CT molecular complexity index is 789. The highest BCUT2D eigenvalue weighted by atomic mass is 16.7. The molecule has 10 heteroatoms. The number of carbonyl (C=O) groups is 2. The molecular formula is C21H35BN4O5. The number of aromatic nitrogens is 2. The summed E-state index contributed by atoms with van der Waals surface area (Å²) >= 11 is 0. The van der Waals surface area contributed by atoms with Crippen LogP contribution in [0.3, 0.4) is 0 Å². The van der Waals surface area contributed by atoms with Crippen LogP contribution < -0.4 is 15.7 Å². The van der Waals surface area contributed by atoms with Crippen molar-refractivity contribution in [3.05, 3.63) is 12.4 Å². The van der Waals surface area contributed by atoms with Gasteiger partial charge < -0.3 is 19.4 Å². The molecule has 1 aromatic heterocycles. The van der Waals surface area contributed by atoms with Crippen LogP contribution in [0.2, 0.25) is 0 Å². The van der Waals surface area contributed by atoms with Crippen molar-refractivity contribution in [3.8, 4) is 0 Å². The number of amides is 2. The van der Waals surface area contributed by atoms with Crippen molar-refractivity contribution >= 4 is 30.5 Å². The first-order valence-corrected chi connectivity index (χ1v) is 10.5. The molecule has 31 heavy (non-hydrogen) atoms. The topological polar surface area (TPSA) is 103 Å². The van der Waals surface area contributed by atoms with Crippen LogP contribution in [0, 0.1) is 0 Å². The number of hydrogen-bond acceptors (Lipinski definition) is 7. The van der Waals surface area contributed by atoms with Gasteiger partial charge in [0.25, 0.3) is 5.91 Å². The highest BCUT2D eigenvalue weighted by Crippen LogP contribution is 2.36. The van der Waals surface area contributed by atoms with E-state index in [1.54, 1.807) is 40.1 Å². The summed E-state index contributed by atoms with van der Waals surface area (Å²) in [6, 6.07) is -1.04. The molecule has 1 aliphatic heterocycles. The largest absolute Gasteiger partial charge is 0.498 e. The molecule has 0 aliphatic carbocycles. The van der Waals surface area contributed by atoms with E-state index in [0.717, 1.165) is 0 Å². The highest BCUT2D eigenvalue weighted by molar-refractivity contribution is 6.61. The molecule has 0 aromatic carbocycles. The molecule has 1 fully saturated rings. The summed E-state index contributed by atoms with van der Waals surface area (Å²) in [5.74, 6) is -0.109. The lowest BCUT2D eigenvalue weighted by molar-refractivity contribution is -0.120. The van der Waals surface area contributed by atoms with Crippen LogP contribution in [-0.2, 0) is 18.8 Å². The van der Waals surface area contributed by atoms with Gasteiger partial charge in [-0.25, -0.2) is 14.8 Å². The second-order valence-electron chi connectivity index (χ2n) is 10.1. The Morgan fingerprint density at radius 2 is 1.55 bits per heavy atom. The summed E-state index contributed by atoms with van der Waals surface area (Å²) in [5, 5.41) is 2.57. The van der Waals surface area contributed by atoms with Crippen molar-refractivity contribution < 1.29 is 23.6 Å². The van der Waals surface area contributed by atoms with E-state index >= 15 is 0 Å². The Hall–Kier alpha value is -2.20. The summed E-state index contributed by atoms with van der Waals surface area (Å²) in [4.78, 5) is 35.2. The fraction of sp³-hybridized carbons (Fsp3) is 0.714. The maximum atomic E-state index is 13.0. The van der Waals surface area contributed by atoms with E-state index in [9.17, 15) is 9.59 Å². The summed E-state index contributed by atoms with van der Waals surface area (Å²) in [6.45, 7) is 18.5. The van der Waals surface area contributed by atoms with Crippen molar-refractivity contribution in [1.82, 2.24) is 15.3 Å². The van der Waals surface area contributed by atoms with Crippen LogP contribution in [0.15, 0.2) is 12.4 Å². The Morgan fingerprint density at radius 3 is 1.97 bits per heavy atom. The van der Waals surface area contributed by atoms with Gasteiger partial charge in [0.15, 0.2) is 0 Å². The van der Waals surface area contributed by atoms with E-state index in [2.05, 4.69) is 15.3 Å². The van der Waals surface area contributed by atoms with E-state index in [-0.39, 0.29) is 17.9 Å². The lowest BCUT2D eigenvalue weighted by Gasteiger charge is -2.32. The molecule has 0 spiro atoms. The SMILES string of the molecule is CC(C)N(C(=O)[C@H](C)NC(=O)OC(C)(C)C)c1ncc(B2OC(C)(C)C(C)(C)O2)cn1. The maximum absolute atomic E-state index is 13.0. The molecule has 0 bridgehead atoms. The van der Waals surface area contributed by atoms with Crippen LogP contribution in [0.5, 0.6) is 0 Å². The van der Waals surface area contributed by atoms with E-state index in [1.165, 1.54) is 4.90 Å². The molecule has 0 unspecified atom stereocenters. The molecule has 0 radical (unpaired) electrons. The van der Waals surface area contributed by atoms with Gasteiger partial charge in [0.2, 0.25) is 5.95 Å². The highest BCUT2D eigenvalue weighted by Gasteiger charge is 2.52. The molecular weight excluding hydrogens is 399 g/mol. The molecule has 1 atom stereocenters. The summed E-state index contributed by atoms with van der Waals surface area (Å²) in [6.07, 6.45) is 2.53. The van der Waals surface area contributed by atoms with Gasteiger partial charge in [0.1, 0.15) is 11.6 Å². The van der Waals surface area contributed by atoms with Crippen molar-refractivity contribution in [1.29, 1.82) is 0 Å². The maximum Gasteiger partial charge on any atom is 0.498 e. The number of rotatable bonds is 5. The summed E-state index contributed by atoms with van der Waals surface area (Å²) < 4.78 is 17.3. The number of ether oxygens (including phenoxy) is 1. The Morgan fingerprint density at radius 1 is 1.06 bits per heavy atom. The average Bonchev–Trinajstić information content (AvgIpc) is 2.81. The van der Waals surface area contributed by atoms with Gasteiger partial charge in [0.05, 0.1) is 11.2 Å². The van der Waals surface area contributed by atoms with Crippen LogP contribution in [-0.4, -0.2) is 58.0 Å². The quantitative estimate of drug-likeness (QED) is 0.710. The number of carbonyl (C=O) groups excluding carboxylic acids is 2. The zero-order chi connectivity index (χ0) is 23.8. The molecule has 2 rings (SSSR count). The molecule has 1 aliphatic rings. The first-order valence-electron chi connectivity index (χ1n) is 10.5. The van der Waals surface area contributed by atoms with E-state index in [1.807, 2.05) is 41.5 Å². The predicted octanol–water partition coefficient (Wildman–Crippen LogP) is 2.43. The van der Waals surface area contributed by atoms with Crippen molar-refractivity contribution in [2.75, 3.05) is 4.90 Å². The lowest BCUT2D eigenvalue weighted by atomic mass is 9.81. The van der Waals surface area contributed by atoms with Crippen molar-refractivity contribution in [2.24, 2.45) is 0 Å². The van der Waals surface area contributed by atoms with Crippen molar-refractivity contribution in [3.63, 3.8) is 0 Å². The average molecular weight is 434 g/mol. The van der Waals surface area contributed by atoms with Crippen LogP contribution >= 0.6 is 0 Å². The molecule has 1 N–H and O–H groups in total. The molecule has 2 heterocycles. The Balaban J connectivity index is 2.15. The third-order valence-electron chi connectivity index (χ3n) is 5.26. The van der Waals surface area contributed by atoms with E-state index in [4.69, 9.17) is 14.0 Å². The predicted molar refractivity (Wildman–Crippen MR) is 119 cm³/mol. The van der Waals surface area contributed by atoms with Gasteiger partial charge in [-0.3, -0.25) is 9.69 Å². The first-order chi connectivity index (χ1) is 14.0. The van der Waals surface area contributed by atoms with Crippen LogP contribution in [0.1, 0.15) is 69.2 Å². The first kappa shape index (κ1) is 25.1. The Kier molecular flexibility index (Phi) is 7.07. The minimum absolute atomic E-state index is 0.224. The van der Waals surface area contributed by atoms with Crippen LogP contribution in [0.25, 0.3) is 0 Å². The molecule has 1 saturated heterocycles. The van der Waals surface area contributed by atoms with Gasteiger partial charge in [0, 0.05) is 23.9 Å². The van der Waals surface area contributed by atoms with Crippen molar-refractivity contribution in [2.45, 2.75) is 98.1 Å². The smallest absolute Gasteiger partial charge is 0.444 e. The summed E-state index contributed by atoms with van der Waals surface area (Å²) in [5.41, 5.74) is -0.937. The number of nitrogens with zero attached hydrogens (tertiary/aromatic N) is 3. The molecule has 2 amide bonds. The van der Waals surface area contributed by atoms with Gasteiger partial charge in [-0.1, -0.05) is 0 Å². The lowest BCUT2D eigenvalue weighted by Crippen LogP contribution is -2.51. The standard InChI is InChI=1S/C21H35BN4O5/c1-13(2)26(16(27)14(3)25-18(28)29-19(4,5)6)17-23-11-15(12-24-17)22-30-20(7,8)21(9,10)31-22/h11-14H,1-10H3,(H,25,28)/t14-/m0/s1. The van der Waals surface area contributed by atoms with Gasteiger partial charge in [-0.2, -0.15) is 0 Å². The van der Waals surface area contributed by atoms with Crippen LogP contribution in [0.4, 0.5) is 10.7 Å². The van der Waals surface area contributed by atoms with Gasteiger partial charge in [-0.05, 0) is 69.2 Å². The minimum atomic E-state index is -0.816. The van der Waals surface area contributed by atoms with Gasteiger partial charge >= 0.3 is 13.2 Å². The zero-order valence-electron chi connectivity index (χ0n) is 20.3. The summed E-state index contributed by atoms with van der Waals surface area (Å²) in [7, 11) is -0.588. The second kappa shape index (κ2) is 8.74. The zero-order valence-corrected chi connectivity index (χ0v) is 20.3. The third kappa shape index (κ3) is 5.95. The molecule has 172 valence electrons.